The summed E-state index contributed by atoms with van der Waals surface area (Å²) in [5.74, 6) is 6.08. The van der Waals surface area contributed by atoms with Gasteiger partial charge in [0.1, 0.15) is 12.4 Å². The highest BCUT2D eigenvalue weighted by atomic mass is 16.5. The number of hydrogen-bond acceptors (Lipinski definition) is 4. The maximum absolute atomic E-state index is 5.60. The van der Waals surface area contributed by atoms with Crippen LogP contribution < -0.4 is 16.0 Å². The molecule has 1 aromatic heterocycles. The van der Waals surface area contributed by atoms with E-state index < -0.39 is 0 Å². The zero-order valence-corrected chi connectivity index (χ0v) is 13.7. The first-order chi connectivity index (χ1) is 10.3. The molecule has 0 aliphatic rings. The van der Waals surface area contributed by atoms with Crippen molar-refractivity contribution < 1.29 is 4.74 Å². The molecule has 0 amide bonds. The van der Waals surface area contributed by atoms with Gasteiger partial charge in [-0.1, -0.05) is 33.8 Å². The number of benzene rings is 1. The third-order valence-electron chi connectivity index (χ3n) is 2.38. The van der Waals surface area contributed by atoms with E-state index in [1.807, 2.05) is 77.2 Å². The van der Waals surface area contributed by atoms with Crippen molar-refractivity contribution in [3.05, 3.63) is 53.9 Å². The fraction of sp³-hybridized carbons (Fsp3) is 0.353. The SMILES string of the molecule is CC.CC.Cc1ccc(COc2ccc(NN)cc2)nc1. The number of aromatic nitrogens is 1. The number of ether oxygens (including phenoxy) is 1. The van der Waals surface area contributed by atoms with Gasteiger partial charge in [-0.2, -0.15) is 0 Å². The Bertz CT molecular complexity index is 466. The number of hydrogen-bond donors (Lipinski definition) is 2. The number of anilines is 1. The second-order valence-corrected chi connectivity index (χ2v) is 3.78. The van der Waals surface area contributed by atoms with Gasteiger partial charge in [0, 0.05) is 11.9 Å². The number of aryl methyl sites for hydroxylation is 1. The van der Waals surface area contributed by atoms with Gasteiger partial charge in [0.05, 0.1) is 5.69 Å². The first-order valence-corrected chi connectivity index (χ1v) is 7.39. The van der Waals surface area contributed by atoms with Gasteiger partial charge in [-0.25, -0.2) is 0 Å². The number of pyridine rings is 1. The van der Waals surface area contributed by atoms with Crippen LogP contribution in [-0.4, -0.2) is 4.98 Å². The minimum Gasteiger partial charge on any atom is -0.487 e. The summed E-state index contributed by atoms with van der Waals surface area (Å²) in [5.41, 5.74) is 5.48. The highest BCUT2D eigenvalue weighted by molar-refractivity contribution is 5.45. The van der Waals surface area contributed by atoms with Crippen molar-refractivity contribution in [2.24, 2.45) is 5.84 Å². The monoisotopic (exact) mass is 289 g/mol. The Balaban J connectivity index is 0.000000921. The summed E-state index contributed by atoms with van der Waals surface area (Å²) >= 11 is 0. The third-order valence-corrected chi connectivity index (χ3v) is 2.38. The van der Waals surface area contributed by atoms with Crippen LogP contribution >= 0.6 is 0 Å². The van der Waals surface area contributed by atoms with E-state index in [1.165, 1.54) is 0 Å². The molecule has 2 rings (SSSR count). The second kappa shape index (κ2) is 11.7. The molecule has 0 fully saturated rings. The van der Waals surface area contributed by atoms with E-state index in [0.717, 1.165) is 22.7 Å². The van der Waals surface area contributed by atoms with Gasteiger partial charge >= 0.3 is 0 Å². The lowest BCUT2D eigenvalue weighted by Gasteiger charge is -2.06. The van der Waals surface area contributed by atoms with Gasteiger partial charge < -0.3 is 10.2 Å². The van der Waals surface area contributed by atoms with Gasteiger partial charge in [0.25, 0.3) is 0 Å². The van der Waals surface area contributed by atoms with Crippen LogP contribution in [0.1, 0.15) is 39.0 Å². The molecular weight excluding hydrogens is 262 g/mol. The van der Waals surface area contributed by atoms with E-state index in [0.29, 0.717) is 6.61 Å². The average molecular weight is 289 g/mol. The maximum Gasteiger partial charge on any atom is 0.130 e. The number of nitrogens with two attached hydrogens (primary N) is 1. The minimum atomic E-state index is 0.468. The van der Waals surface area contributed by atoms with Crippen LogP contribution in [0.4, 0.5) is 5.69 Å². The van der Waals surface area contributed by atoms with Crippen LogP contribution in [0, 0.1) is 6.92 Å². The summed E-state index contributed by atoms with van der Waals surface area (Å²) in [6.07, 6.45) is 1.83. The standard InChI is InChI=1S/C13H15N3O.2C2H6/c1-10-2-3-12(15-8-10)9-17-13-6-4-11(16-14)5-7-13;2*1-2/h2-8,16H,9,14H2,1H3;2*1-2H3. The van der Waals surface area contributed by atoms with Gasteiger partial charge in [0.2, 0.25) is 0 Å². The number of nitrogens with one attached hydrogen (secondary N) is 1. The van der Waals surface area contributed by atoms with Crippen LogP contribution in [0.3, 0.4) is 0 Å². The molecule has 0 radical (unpaired) electrons. The van der Waals surface area contributed by atoms with E-state index in [1.54, 1.807) is 0 Å². The summed E-state index contributed by atoms with van der Waals surface area (Å²) in [6, 6.07) is 11.4. The number of hydrazine groups is 1. The summed E-state index contributed by atoms with van der Waals surface area (Å²) in [6.45, 7) is 10.5. The van der Waals surface area contributed by atoms with Crippen molar-refractivity contribution in [2.45, 2.75) is 41.2 Å². The van der Waals surface area contributed by atoms with Gasteiger partial charge in [-0.15, -0.1) is 0 Å². The molecule has 3 N–H and O–H groups in total. The number of nitrogen functional groups attached to an aromatic ring is 1. The molecule has 0 unspecified atom stereocenters. The van der Waals surface area contributed by atoms with E-state index in [9.17, 15) is 0 Å². The molecule has 0 saturated heterocycles. The molecule has 0 saturated carbocycles. The molecule has 0 spiro atoms. The first kappa shape index (κ1) is 18.9. The Labute approximate surface area is 128 Å². The summed E-state index contributed by atoms with van der Waals surface area (Å²) < 4.78 is 5.60. The van der Waals surface area contributed by atoms with E-state index in [2.05, 4.69) is 10.4 Å². The van der Waals surface area contributed by atoms with Crippen LogP contribution in [0.2, 0.25) is 0 Å². The summed E-state index contributed by atoms with van der Waals surface area (Å²) in [7, 11) is 0. The third kappa shape index (κ3) is 7.32. The molecule has 116 valence electrons. The Kier molecular flexibility index (Phi) is 10.6. The molecule has 4 heteroatoms. The van der Waals surface area contributed by atoms with Crippen LogP contribution in [0.25, 0.3) is 0 Å². The average Bonchev–Trinajstić information content (AvgIpc) is 2.58. The quantitative estimate of drug-likeness (QED) is 0.650. The second-order valence-electron chi connectivity index (χ2n) is 3.78. The lowest BCUT2D eigenvalue weighted by atomic mass is 10.3. The van der Waals surface area contributed by atoms with Crippen molar-refractivity contribution in [3.8, 4) is 5.75 Å². The molecule has 0 aliphatic carbocycles. The molecule has 21 heavy (non-hydrogen) atoms. The highest BCUT2D eigenvalue weighted by Gasteiger charge is 1.97. The Morgan fingerprint density at radius 1 is 1.00 bits per heavy atom. The largest absolute Gasteiger partial charge is 0.487 e. The predicted octanol–water partition coefficient (Wildman–Crippen LogP) is 4.31. The van der Waals surface area contributed by atoms with Crippen LogP contribution in [0.5, 0.6) is 5.75 Å². The Hall–Kier alpha value is -2.07. The van der Waals surface area contributed by atoms with Crippen molar-refractivity contribution in [2.75, 3.05) is 5.43 Å². The minimum absolute atomic E-state index is 0.468. The Morgan fingerprint density at radius 3 is 2.10 bits per heavy atom. The van der Waals surface area contributed by atoms with Gasteiger partial charge in [-0.3, -0.25) is 10.8 Å². The van der Waals surface area contributed by atoms with Crippen molar-refractivity contribution in [1.29, 1.82) is 0 Å². The van der Waals surface area contributed by atoms with E-state index >= 15 is 0 Å². The fourth-order valence-corrected chi connectivity index (χ4v) is 1.39. The molecule has 2 aromatic rings. The zero-order chi connectivity index (χ0) is 16.1. The molecule has 4 nitrogen and oxygen atoms in total. The lowest BCUT2D eigenvalue weighted by molar-refractivity contribution is 0.301. The fourth-order valence-electron chi connectivity index (χ4n) is 1.39. The molecule has 1 aromatic carbocycles. The van der Waals surface area contributed by atoms with E-state index in [4.69, 9.17) is 10.6 Å². The van der Waals surface area contributed by atoms with Crippen molar-refractivity contribution in [3.63, 3.8) is 0 Å². The normalized spacial score (nSPS) is 8.67. The van der Waals surface area contributed by atoms with E-state index in [-0.39, 0.29) is 0 Å². The Morgan fingerprint density at radius 2 is 1.62 bits per heavy atom. The predicted molar refractivity (Wildman–Crippen MR) is 90.3 cm³/mol. The molecule has 0 aliphatic heterocycles. The van der Waals surface area contributed by atoms with Crippen LogP contribution in [0.15, 0.2) is 42.6 Å². The molecule has 1 heterocycles. The highest BCUT2D eigenvalue weighted by Crippen LogP contribution is 2.15. The van der Waals surface area contributed by atoms with Gasteiger partial charge in [0.15, 0.2) is 0 Å². The van der Waals surface area contributed by atoms with Crippen molar-refractivity contribution in [1.82, 2.24) is 4.98 Å². The zero-order valence-electron chi connectivity index (χ0n) is 13.7. The number of nitrogens with zero attached hydrogens (tertiary/aromatic N) is 1. The molecular formula is C17H27N3O. The van der Waals surface area contributed by atoms with Crippen LogP contribution in [-0.2, 0) is 6.61 Å². The maximum atomic E-state index is 5.60. The topological polar surface area (TPSA) is 60.2 Å². The van der Waals surface area contributed by atoms with Crippen molar-refractivity contribution >= 4 is 5.69 Å². The summed E-state index contributed by atoms with van der Waals surface area (Å²) in [4.78, 5) is 4.27. The lowest BCUT2D eigenvalue weighted by Crippen LogP contribution is -2.06. The summed E-state index contributed by atoms with van der Waals surface area (Å²) in [5, 5.41) is 0. The molecule has 0 bridgehead atoms. The molecule has 0 atom stereocenters. The van der Waals surface area contributed by atoms with Gasteiger partial charge in [-0.05, 0) is 42.8 Å². The smallest absolute Gasteiger partial charge is 0.130 e. The number of rotatable bonds is 4. The first-order valence-electron chi connectivity index (χ1n) is 7.39.